The van der Waals surface area contributed by atoms with Gasteiger partial charge in [0.2, 0.25) is 0 Å². The molecule has 1 atom stereocenters. The van der Waals surface area contributed by atoms with Crippen LogP contribution >= 0.6 is 23.2 Å². The van der Waals surface area contributed by atoms with Crippen molar-refractivity contribution in [1.29, 1.82) is 5.26 Å². The first kappa shape index (κ1) is 15.4. The highest BCUT2D eigenvalue weighted by molar-refractivity contribution is 6.53. The smallest absolute Gasteiger partial charge is 0.315 e. The average molecular weight is 319 g/mol. The van der Waals surface area contributed by atoms with Crippen molar-refractivity contribution >= 4 is 35.1 Å². The minimum atomic E-state index is -1.11. The van der Waals surface area contributed by atoms with Gasteiger partial charge in [-0.15, -0.1) is 23.2 Å². The molecule has 110 valence electrons. The Balaban J connectivity index is 1.82. The molecule has 2 aliphatic rings. The van der Waals surface area contributed by atoms with E-state index in [-0.39, 0.29) is 0 Å². The number of halogens is 2. The Labute approximate surface area is 127 Å². The Kier molecular flexibility index (Phi) is 3.92. The van der Waals surface area contributed by atoms with Crippen molar-refractivity contribution < 1.29 is 14.3 Å². The summed E-state index contributed by atoms with van der Waals surface area (Å²) in [5.74, 6) is -1.06. The third kappa shape index (κ3) is 2.72. The highest BCUT2D eigenvalue weighted by Gasteiger charge is 2.69. The molecule has 2 saturated carbocycles. The van der Waals surface area contributed by atoms with Gasteiger partial charge in [-0.25, -0.2) is 0 Å². The maximum Gasteiger partial charge on any atom is 0.315 e. The second kappa shape index (κ2) is 5.09. The van der Waals surface area contributed by atoms with E-state index in [2.05, 4.69) is 11.4 Å². The Morgan fingerprint density at radius 3 is 2.35 bits per heavy atom. The molecule has 0 heterocycles. The van der Waals surface area contributed by atoms with Crippen LogP contribution in [0, 0.1) is 16.7 Å². The number of amides is 1. The van der Waals surface area contributed by atoms with Crippen LogP contribution in [-0.4, -0.2) is 28.4 Å². The molecular formula is C13H16Cl2N2O3. The van der Waals surface area contributed by atoms with Gasteiger partial charge in [0.1, 0.15) is 15.3 Å². The maximum absolute atomic E-state index is 11.8. The van der Waals surface area contributed by atoms with Crippen LogP contribution in [0.25, 0.3) is 0 Å². The summed E-state index contributed by atoms with van der Waals surface area (Å²) in [6.45, 7) is 1.18. The molecule has 0 aromatic rings. The Morgan fingerprint density at radius 2 is 1.90 bits per heavy atom. The molecule has 2 rings (SSSR count). The maximum atomic E-state index is 11.8. The fourth-order valence-electron chi connectivity index (χ4n) is 2.46. The van der Waals surface area contributed by atoms with Crippen molar-refractivity contribution in [3.05, 3.63) is 0 Å². The normalized spacial score (nSPS) is 29.3. The Morgan fingerprint density at radius 1 is 1.35 bits per heavy atom. The van der Waals surface area contributed by atoms with E-state index in [9.17, 15) is 9.59 Å². The molecular weight excluding hydrogens is 303 g/mol. The summed E-state index contributed by atoms with van der Waals surface area (Å²) in [6.07, 6.45) is 3.39. The molecule has 0 bridgehead atoms. The van der Waals surface area contributed by atoms with Crippen LogP contribution in [-0.2, 0) is 14.3 Å². The fourth-order valence-corrected chi connectivity index (χ4v) is 3.15. The van der Waals surface area contributed by atoms with E-state index < -0.39 is 33.8 Å². The van der Waals surface area contributed by atoms with Crippen molar-refractivity contribution in [2.24, 2.45) is 5.41 Å². The lowest BCUT2D eigenvalue weighted by molar-refractivity contribution is -0.153. The summed E-state index contributed by atoms with van der Waals surface area (Å²) in [5.41, 5.74) is -1.76. The number of hydrogen-bond acceptors (Lipinski definition) is 4. The summed E-state index contributed by atoms with van der Waals surface area (Å²) in [7, 11) is 0. The number of rotatable bonds is 4. The van der Waals surface area contributed by atoms with Gasteiger partial charge in [0.15, 0.2) is 6.61 Å². The van der Waals surface area contributed by atoms with Crippen LogP contribution in [0.1, 0.15) is 39.0 Å². The quantitative estimate of drug-likeness (QED) is 0.635. The number of ether oxygens (including phenoxy) is 1. The predicted octanol–water partition coefficient (Wildman–Crippen LogP) is 2.07. The molecule has 7 heteroatoms. The summed E-state index contributed by atoms with van der Waals surface area (Å²) < 4.78 is 3.83. The van der Waals surface area contributed by atoms with Crippen molar-refractivity contribution in [3.63, 3.8) is 0 Å². The Hall–Kier alpha value is -0.990. The number of alkyl halides is 2. The monoisotopic (exact) mass is 318 g/mol. The van der Waals surface area contributed by atoms with E-state index in [1.807, 2.05) is 0 Å². The second-order valence-electron chi connectivity index (χ2n) is 5.74. The zero-order valence-corrected chi connectivity index (χ0v) is 12.7. The summed E-state index contributed by atoms with van der Waals surface area (Å²) in [6, 6.07) is 2.14. The van der Waals surface area contributed by atoms with Gasteiger partial charge in [-0.1, -0.05) is 0 Å². The summed E-state index contributed by atoms with van der Waals surface area (Å²) in [4.78, 5) is 23.6. The third-order valence-corrected chi connectivity index (χ3v) is 5.19. The van der Waals surface area contributed by atoms with Gasteiger partial charge >= 0.3 is 5.97 Å². The van der Waals surface area contributed by atoms with Crippen LogP contribution in [0.15, 0.2) is 0 Å². The lowest BCUT2D eigenvalue weighted by Gasteiger charge is -2.22. The molecule has 1 N–H and O–H groups in total. The fraction of sp³-hybridized carbons (Fsp3) is 0.769. The SMILES string of the molecule is C[C@]1(C(=O)OCC(=O)NC2(C#N)CCCC2)CC1(Cl)Cl. The molecule has 0 unspecified atom stereocenters. The van der Waals surface area contributed by atoms with E-state index >= 15 is 0 Å². The van der Waals surface area contributed by atoms with Crippen molar-refractivity contribution in [3.8, 4) is 6.07 Å². The number of carbonyl (C=O) groups is 2. The minimum Gasteiger partial charge on any atom is -0.455 e. The molecule has 20 heavy (non-hydrogen) atoms. The van der Waals surface area contributed by atoms with E-state index in [1.165, 1.54) is 0 Å². The molecule has 0 aliphatic heterocycles. The lowest BCUT2D eigenvalue weighted by Crippen LogP contribution is -2.47. The molecule has 0 spiro atoms. The molecule has 2 fully saturated rings. The Bertz CT molecular complexity index is 480. The van der Waals surface area contributed by atoms with Gasteiger partial charge in [-0.05, 0) is 32.6 Å². The van der Waals surface area contributed by atoms with E-state index in [1.54, 1.807) is 6.92 Å². The predicted molar refractivity (Wildman–Crippen MR) is 73.1 cm³/mol. The first-order chi connectivity index (χ1) is 9.25. The molecule has 5 nitrogen and oxygen atoms in total. The number of esters is 1. The molecule has 0 radical (unpaired) electrons. The largest absolute Gasteiger partial charge is 0.455 e. The highest BCUT2D eigenvalue weighted by atomic mass is 35.5. The van der Waals surface area contributed by atoms with Gasteiger partial charge in [0, 0.05) is 6.42 Å². The van der Waals surface area contributed by atoms with Crippen LogP contribution in [0.3, 0.4) is 0 Å². The van der Waals surface area contributed by atoms with E-state index in [4.69, 9.17) is 33.2 Å². The number of nitrogens with one attached hydrogen (secondary N) is 1. The van der Waals surface area contributed by atoms with E-state index in [0.29, 0.717) is 19.3 Å². The van der Waals surface area contributed by atoms with E-state index in [0.717, 1.165) is 12.8 Å². The zero-order chi connectivity index (χ0) is 15.0. The van der Waals surface area contributed by atoms with Crippen molar-refractivity contribution in [2.75, 3.05) is 6.61 Å². The number of nitriles is 1. The summed E-state index contributed by atoms with van der Waals surface area (Å²) >= 11 is 11.7. The lowest BCUT2D eigenvalue weighted by atomic mass is 10.00. The van der Waals surface area contributed by atoms with Gasteiger partial charge in [0.25, 0.3) is 5.91 Å². The van der Waals surface area contributed by atoms with Gasteiger partial charge in [-0.3, -0.25) is 9.59 Å². The highest BCUT2D eigenvalue weighted by Crippen LogP contribution is 2.64. The van der Waals surface area contributed by atoms with Gasteiger partial charge in [0.05, 0.1) is 6.07 Å². The first-order valence-electron chi connectivity index (χ1n) is 6.52. The van der Waals surface area contributed by atoms with Crippen LogP contribution in [0.5, 0.6) is 0 Å². The number of hydrogen-bond donors (Lipinski definition) is 1. The number of nitrogens with zero attached hydrogens (tertiary/aromatic N) is 1. The molecule has 0 aromatic heterocycles. The van der Waals surface area contributed by atoms with Crippen LogP contribution in [0.2, 0.25) is 0 Å². The topological polar surface area (TPSA) is 79.2 Å². The van der Waals surface area contributed by atoms with Gasteiger partial charge < -0.3 is 10.1 Å². The van der Waals surface area contributed by atoms with Crippen LogP contribution < -0.4 is 5.32 Å². The van der Waals surface area contributed by atoms with Crippen molar-refractivity contribution in [1.82, 2.24) is 5.32 Å². The summed E-state index contributed by atoms with van der Waals surface area (Å²) in [5, 5.41) is 11.8. The molecule has 0 aromatic carbocycles. The second-order valence-corrected chi connectivity index (χ2v) is 7.22. The average Bonchev–Trinajstić information content (AvgIpc) is 2.77. The zero-order valence-electron chi connectivity index (χ0n) is 11.2. The van der Waals surface area contributed by atoms with Gasteiger partial charge in [-0.2, -0.15) is 5.26 Å². The first-order valence-corrected chi connectivity index (χ1v) is 7.28. The van der Waals surface area contributed by atoms with Crippen LogP contribution in [0.4, 0.5) is 0 Å². The molecule has 2 aliphatic carbocycles. The third-order valence-electron chi connectivity index (χ3n) is 4.09. The molecule has 1 amide bonds. The standard InChI is InChI=1S/C13H16Cl2N2O3/c1-11(7-13(11,14)15)10(19)20-6-9(18)17-12(8-16)4-2-3-5-12/h2-7H2,1H3,(H,17,18)/t11-/m1/s1. The molecule has 0 saturated heterocycles. The minimum absolute atomic E-state index is 0.311. The number of carbonyl (C=O) groups excluding carboxylic acids is 2. The van der Waals surface area contributed by atoms with Crippen molar-refractivity contribution in [2.45, 2.75) is 48.9 Å².